The number of benzene rings is 2. The van der Waals surface area contributed by atoms with Crippen molar-refractivity contribution in [1.29, 1.82) is 0 Å². The van der Waals surface area contributed by atoms with Gasteiger partial charge in [-0.15, -0.1) is 0 Å². The van der Waals surface area contributed by atoms with E-state index in [0.29, 0.717) is 15.6 Å². The van der Waals surface area contributed by atoms with Crippen LogP contribution in [0.5, 0.6) is 0 Å². The Morgan fingerprint density at radius 2 is 1.96 bits per heavy atom. The molecule has 2 aromatic carbocycles. The van der Waals surface area contributed by atoms with Crippen LogP contribution in [0.4, 0.5) is 5.69 Å². The molecular weight excluding hydrogens is 395 g/mol. The lowest BCUT2D eigenvalue weighted by Crippen LogP contribution is -2.31. The highest BCUT2D eigenvalue weighted by Gasteiger charge is 2.20. The first-order chi connectivity index (χ1) is 12.7. The highest BCUT2D eigenvalue weighted by molar-refractivity contribution is 6.35. The van der Waals surface area contributed by atoms with Crippen LogP contribution in [0.1, 0.15) is 34.5 Å². The first-order valence-electron chi connectivity index (χ1n) is 7.86. The van der Waals surface area contributed by atoms with E-state index in [9.17, 15) is 19.7 Å². The molecule has 0 saturated carbocycles. The fourth-order valence-corrected chi connectivity index (χ4v) is 3.04. The Labute approximate surface area is 165 Å². The molecule has 7 nitrogen and oxygen atoms in total. The molecule has 0 saturated heterocycles. The molecule has 0 unspecified atom stereocenters. The Morgan fingerprint density at radius 3 is 2.59 bits per heavy atom. The summed E-state index contributed by atoms with van der Waals surface area (Å²) in [6, 6.07) is 8.54. The Kier molecular flexibility index (Phi) is 6.76. The Balaban J connectivity index is 1.98. The smallest absolute Gasteiger partial charge is 0.339 e. The molecule has 2 rings (SSSR count). The summed E-state index contributed by atoms with van der Waals surface area (Å²) in [4.78, 5) is 34.5. The van der Waals surface area contributed by atoms with Gasteiger partial charge < -0.3 is 10.1 Å². The monoisotopic (exact) mass is 410 g/mol. The van der Waals surface area contributed by atoms with Gasteiger partial charge in [0.2, 0.25) is 0 Å². The van der Waals surface area contributed by atoms with Gasteiger partial charge in [0.15, 0.2) is 6.61 Å². The van der Waals surface area contributed by atoms with E-state index in [1.54, 1.807) is 25.1 Å². The number of ether oxygens (including phenoxy) is 1. The third-order valence-electron chi connectivity index (χ3n) is 3.86. The molecule has 0 aliphatic carbocycles. The molecule has 0 aromatic heterocycles. The average Bonchev–Trinajstić information content (AvgIpc) is 2.59. The van der Waals surface area contributed by atoms with Gasteiger partial charge in [-0.2, -0.15) is 0 Å². The predicted octanol–water partition coefficient (Wildman–Crippen LogP) is 4.24. The van der Waals surface area contributed by atoms with Crippen LogP contribution in [-0.2, 0) is 9.53 Å². The largest absolute Gasteiger partial charge is 0.452 e. The van der Waals surface area contributed by atoms with Crippen molar-refractivity contribution in [3.63, 3.8) is 0 Å². The number of halogens is 2. The van der Waals surface area contributed by atoms with Gasteiger partial charge in [0, 0.05) is 21.7 Å². The summed E-state index contributed by atoms with van der Waals surface area (Å²) in [7, 11) is 0. The second-order valence-corrected chi connectivity index (χ2v) is 6.58. The number of nitro groups is 1. The zero-order valence-electron chi connectivity index (χ0n) is 14.5. The lowest BCUT2D eigenvalue weighted by molar-refractivity contribution is -0.385. The second kappa shape index (κ2) is 8.83. The van der Waals surface area contributed by atoms with E-state index in [2.05, 4.69) is 5.32 Å². The number of nitro benzene ring substituents is 1. The van der Waals surface area contributed by atoms with Gasteiger partial charge in [-0.25, -0.2) is 4.79 Å². The SMILES string of the molecule is Cc1c(C(=O)OCC(=O)N[C@@H](C)c2ccc(Cl)cc2Cl)cccc1[N+](=O)[O-]. The topological polar surface area (TPSA) is 98.5 Å². The van der Waals surface area contributed by atoms with E-state index in [4.69, 9.17) is 27.9 Å². The molecule has 1 amide bonds. The van der Waals surface area contributed by atoms with Crippen LogP contribution < -0.4 is 5.32 Å². The van der Waals surface area contributed by atoms with Crippen LogP contribution in [0.3, 0.4) is 0 Å². The molecule has 0 radical (unpaired) electrons. The van der Waals surface area contributed by atoms with Gasteiger partial charge in [0.25, 0.3) is 11.6 Å². The summed E-state index contributed by atoms with van der Waals surface area (Å²) in [6.45, 7) is 2.63. The third kappa shape index (κ3) is 5.18. The summed E-state index contributed by atoms with van der Waals surface area (Å²) < 4.78 is 4.96. The summed E-state index contributed by atoms with van der Waals surface area (Å²) in [5.74, 6) is -1.35. The van der Waals surface area contributed by atoms with Gasteiger partial charge >= 0.3 is 5.97 Å². The fraction of sp³-hybridized carbons (Fsp3) is 0.222. The molecule has 142 valence electrons. The maximum absolute atomic E-state index is 12.1. The maximum Gasteiger partial charge on any atom is 0.339 e. The standard InChI is InChI=1S/C18H16Cl2N2O5/c1-10-13(4-3-5-16(10)22(25)26)18(24)27-9-17(23)21-11(2)14-7-6-12(19)8-15(14)20/h3-8,11H,9H2,1-2H3,(H,21,23)/t11-/m0/s1. The van der Waals surface area contributed by atoms with Gasteiger partial charge in [-0.05, 0) is 37.6 Å². The normalized spacial score (nSPS) is 11.6. The number of carbonyl (C=O) groups excluding carboxylic acids is 2. The molecule has 2 aromatic rings. The van der Waals surface area contributed by atoms with Crippen molar-refractivity contribution in [3.05, 3.63) is 73.2 Å². The number of nitrogens with zero attached hydrogens (tertiary/aromatic N) is 1. The third-order valence-corrected chi connectivity index (χ3v) is 4.43. The van der Waals surface area contributed by atoms with E-state index >= 15 is 0 Å². The van der Waals surface area contributed by atoms with Crippen LogP contribution in [0.15, 0.2) is 36.4 Å². The predicted molar refractivity (Wildman–Crippen MR) is 101 cm³/mol. The summed E-state index contributed by atoms with van der Waals surface area (Å²) >= 11 is 11.9. The summed E-state index contributed by atoms with van der Waals surface area (Å²) in [5, 5.41) is 14.5. The number of esters is 1. The quantitative estimate of drug-likeness (QED) is 0.436. The molecular formula is C18H16Cl2N2O5. The number of rotatable bonds is 6. The van der Waals surface area contributed by atoms with Crippen molar-refractivity contribution in [2.24, 2.45) is 0 Å². The van der Waals surface area contributed by atoms with Gasteiger partial charge in [-0.1, -0.05) is 35.3 Å². The van der Waals surface area contributed by atoms with Crippen molar-refractivity contribution in [2.75, 3.05) is 6.61 Å². The molecule has 1 N–H and O–H groups in total. The van der Waals surface area contributed by atoms with Crippen LogP contribution >= 0.6 is 23.2 Å². The number of amides is 1. The molecule has 0 aliphatic heterocycles. The molecule has 9 heteroatoms. The minimum absolute atomic E-state index is 0.0331. The van der Waals surface area contributed by atoms with E-state index < -0.39 is 29.4 Å². The number of hydrogen-bond acceptors (Lipinski definition) is 5. The molecule has 1 atom stereocenters. The Hall–Kier alpha value is -2.64. The molecule has 0 fully saturated rings. The van der Waals surface area contributed by atoms with E-state index in [1.807, 2.05) is 0 Å². The van der Waals surface area contributed by atoms with Gasteiger partial charge in [0.1, 0.15) is 0 Å². The van der Waals surface area contributed by atoms with E-state index in [1.165, 1.54) is 25.1 Å². The lowest BCUT2D eigenvalue weighted by atomic mass is 10.1. The van der Waals surface area contributed by atoms with Gasteiger partial charge in [0.05, 0.1) is 16.5 Å². The van der Waals surface area contributed by atoms with Crippen molar-refractivity contribution in [1.82, 2.24) is 5.32 Å². The van der Waals surface area contributed by atoms with Crippen molar-refractivity contribution < 1.29 is 19.2 Å². The highest BCUT2D eigenvalue weighted by Crippen LogP contribution is 2.26. The Morgan fingerprint density at radius 1 is 1.26 bits per heavy atom. The highest BCUT2D eigenvalue weighted by atomic mass is 35.5. The van der Waals surface area contributed by atoms with Crippen molar-refractivity contribution >= 4 is 40.8 Å². The molecule has 0 bridgehead atoms. The van der Waals surface area contributed by atoms with Crippen molar-refractivity contribution in [3.8, 4) is 0 Å². The molecule has 27 heavy (non-hydrogen) atoms. The molecule has 0 spiro atoms. The van der Waals surface area contributed by atoms with Crippen LogP contribution in [0.2, 0.25) is 10.0 Å². The van der Waals surface area contributed by atoms with Gasteiger partial charge in [-0.3, -0.25) is 14.9 Å². The van der Waals surface area contributed by atoms with Crippen LogP contribution in [-0.4, -0.2) is 23.4 Å². The minimum Gasteiger partial charge on any atom is -0.452 e. The number of hydrogen-bond donors (Lipinski definition) is 1. The molecule has 0 aliphatic rings. The summed E-state index contributed by atoms with van der Waals surface area (Å²) in [6.07, 6.45) is 0. The number of nitrogens with one attached hydrogen (secondary N) is 1. The fourth-order valence-electron chi connectivity index (χ4n) is 2.46. The zero-order valence-corrected chi connectivity index (χ0v) is 16.0. The second-order valence-electron chi connectivity index (χ2n) is 5.74. The first-order valence-corrected chi connectivity index (χ1v) is 8.61. The lowest BCUT2D eigenvalue weighted by Gasteiger charge is -2.16. The zero-order chi connectivity index (χ0) is 20.1. The van der Waals surface area contributed by atoms with Crippen molar-refractivity contribution in [2.45, 2.75) is 19.9 Å². The van der Waals surface area contributed by atoms with E-state index in [-0.39, 0.29) is 16.8 Å². The Bertz CT molecular complexity index is 901. The summed E-state index contributed by atoms with van der Waals surface area (Å²) in [5.41, 5.74) is 0.676. The van der Waals surface area contributed by atoms with E-state index in [0.717, 1.165) is 0 Å². The van der Waals surface area contributed by atoms with Crippen LogP contribution in [0.25, 0.3) is 0 Å². The minimum atomic E-state index is -0.816. The molecule has 0 heterocycles. The van der Waals surface area contributed by atoms with Crippen LogP contribution in [0, 0.1) is 17.0 Å². The maximum atomic E-state index is 12.1. The average molecular weight is 411 g/mol. The number of carbonyl (C=O) groups is 2. The first kappa shape index (κ1) is 20.7.